The zero-order valence-corrected chi connectivity index (χ0v) is 18.8. The van der Waals surface area contributed by atoms with Gasteiger partial charge in [0.25, 0.3) is 0 Å². The molecule has 0 aliphatic rings. The standard InChI is InChI=1S/C28H26O2P/c1-3-30-28(29)23-14-12-13-22(21-23)26-19-10-11-20-27(26)31(2,24-15-6-4-7-16-24)25-17-8-5-9-18-25/h4-21H,3H2,1-2H3/q+1. The maximum atomic E-state index is 12.3. The third kappa shape index (κ3) is 4.17. The smallest absolute Gasteiger partial charge is 0.338 e. The molecule has 0 amide bonds. The number of hydrogen-bond donors (Lipinski definition) is 0. The Morgan fingerprint density at radius 2 is 1.32 bits per heavy atom. The number of ether oxygens (including phenoxy) is 1. The molecular formula is C28H26O2P+. The third-order valence-electron chi connectivity index (χ3n) is 5.62. The number of benzene rings is 4. The van der Waals surface area contributed by atoms with Crippen LogP contribution in [-0.2, 0) is 4.74 Å². The minimum atomic E-state index is -1.90. The maximum Gasteiger partial charge on any atom is 0.338 e. The van der Waals surface area contributed by atoms with Crippen molar-refractivity contribution in [3.8, 4) is 11.1 Å². The van der Waals surface area contributed by atoms with Crippen molar-refractivity contribution in [2.24, 2.45) is 0 Å². The molecule has 0 spiro atoms. The average molecular weight is 425 g/mol. The Hall–Kier alpha value is -3.22. The topological polar surface area (TPSA) is 26.3 Å². The highest BCUT2D eigenvalue weighted by atomic mass is 31.2. The van der Waals surface area contributed by atoms with Gasteiger partial charge in [0.2, 0.25) is 0 Å². The molecule has 0 fully saturated rings. The van der Waals surface area contributed by atoms with Gasteiger partial charge in [0.15, 0.2) is 0 Å². The lowest BCUT2D eigenvalue weighted by Gasteiger charge is -2.25. The van der Waals surface area contributed by atoms with Crippen molar-refractivity contribution in [2.75, 3.05) is 13.3 Å². The highest BCUT2D eigenvalue weighted by molar-refractivity contribution is 7.95. The van der Waals surface area contributed by atoms with Gasteiger partial charge in [-0.2, -0.15) is 0 Å². The van der Waals surface area contributed by atoms with Crippen molar-refractivity contribution in [1.29, 1.82) is 0 Å². The Labute approximate surface area is 184 Å². The summed E-state index contributed by atoms with van der Waals surface area (Å²) in [4.78, 5) is 12.3. The molecule has 0 radical (unpaired) electrons. The van der Waals surface area contributed by atoms with Crippen molar-refractivity contribution >= 4 is 29.1 Å². The minimum absolute atomic E-state index is 0.287. The van der Waals surface area contributed by atoms with E-state index >= 15 is 0 Å². The van der Waals surface area contributed by atoms with E-state index in [1.54, 1.807) is 0 Å². The van der Waals surface area contributed by atoms with E-state index < -0.39 is 7.26 Å². The Kier molecular flexibility index (Phi) is 6.30. The Bertz CT molecular complexity index is 1130. The lowest BCUT2D eigenvalue weighted by atomic mass is 10.0. The van der Waals surface area contributed by atoms with Crippen LogP contribution in [0.2, 0.25) is 0 Å². The van der Waals surface area contributed by atoms with Crippen LogP contribution in [0.3, 0.4) is 0 Å². The lowest BCUT2D eigenvalue weighted by Crippen LogP contribution is -2.31. The minimum Gasteiger partial charge on any atom is -0.462 e. The molecule has 2 nitrogen and oxygen atoms in total. The first-order valence-corrected chi connectivity index (χ1v) is 12.7. The highest BCUT2D eigenvalue weighted by Gasteiger charge is 2.41. The van der Waals surface area contributed by atoms with Crippen LogP contribution in [0.5, 0.6) is 0 Å². The second kappa shape index (κ2) is 9.29. The summed E-state index contributed by atoms with van der Waals surface area (Å²) in [5, 5.41) is 3.96. The van der Waals surface area contributed by atoms with E-state index in [-0.39, 0.29) is 5.97 Å². The molecule has 4 aromatic rings. The van der Waals surface area contributed by atoms with Crippen LogP contribution in [0.4, 0.5) is 0 Å². The predicted octanol–water partition coefficient (Wildman–Crippen LogP) is 5.45. The summed E-state index contributed by atoms with van der Waals surface area (Å²) in [6.07, 6.45) is 0. The number of carbonyl (C=O) groups excluding carboxylic acids is 1. The summed E-state index contributed by atoms with van der Waals surface area (Å²) in [5.41, 5.74) is 2.75. The molecule has 0 aliphatic carbocycles. The van der Waals surface area contributed by atoms with Gasteiger partial charge in [-0.1, -0.05) is 66.7 Å². The number of hydrogen-bond acceptors (Lipinski definition) is 2. The molecule has 0 bridgehead atoms. The molecule has 0 atom stereocenters. The molecule has 0 saturated carbocycles. The SMILES string of the molecule is CCOC(=O)c1cccc(-c2ccccc2[P+](C)(c2ccccc2)c2ccccc2)c1. The molecule has 0 aromatic heterocycles. The first kappa shape index (κ1) is 21.0. The van der Waals surface area contributed by atoms with Crippen molar-refractivity contribution in [3.05, 3.63) is 115 Å². The molecule has 4 rings (SSSR count). The van der Waals surface area contributed by atoms with Gasteiger partial charge in [-0.25, -0.2) is 4.79 Å². The number of carbonyl (C=O) groups is 1. The first-order valence-electron chi connectivity index (χ1n) is 10.5. The second-order valence-electron chi connectivity index (χ2n) is 7.50. The van der Waals surface area contributed by atoms with E-state index in [9.17, 15) is 4.79 Å². The largest absolute Gasteiger partial charge is 0.462 e. The zero-order chi connectivity index (χ0) is 21.7. The van der Waals surface area contributed by atoms with Crippen molar-refractivity contribution in [3.63, 3.8) is 0 Å². The van der Waals surface area contributed by atoms with Crippen molar-refractivity contribution < 1.29 is 9.53 Å². The Morgan fingerprint density at radius 1 is 0.742 bits per heavy atom. The fourth-order valence-corrected chi connectivity index (χ4v) is 7.48. The second-order valence-corrected chi connectivity index (χ2v) is 11.0. The van der Waals surface area contributed by atoms with E-state index in [1.807, 2.05) is 25.1 Å². The van der Waals surface area contributed by atoms with Crippen LogP contribution in [0.25, 0.3) is 11.1 Å². The van der Waals surface area contributed by atoms with Crippen molar-refractivity contribution in [2.45, 2.75) is 6.92 Å². The molecule has 0 unspecified atom stereocenters. The number of esters is 1. The summed E-state index contributed by atoms with van der Waals surface area (Å²) in [5.74, 6) is -0.287. The molecule has 0 N–H and O–H groups in total. The summed E-state index contributed by atoms with van der Waals surface area (Å²) in [7, 11) is -1.90. The molecular weight excluding hydrogens is 399 g/mol. The molecule has 0 aliphatic heterocycles. The predicted molar refractivity (Wildman–Crippen MR) is 132 cm³/mol. The van der Waals surface area contributed by atoms with Gasteiger partial charge >= 0.3 is 5.97 Å². The molecule has 31 heavy (non-hydrogen) atoms. The first-order chi connectivity index (χ1) is 15.1. The lowest BCUT2D eigenvalue weighted by molar-refractivity contribution is 0.0526. The Balaban J connectivity index is 1.93. The fourth-order valence-electron chi connectivity index (χ4n) is 4.02. The van der Waals surface area contributed by atoms with Gasteiger partial charge in [-0.15, -0.1) is 0 Å². The van der Waals surface area contributed by atoms with Crippen LogP contribution in [-0.4, -0.2) is 19.2 Å². The number of rotatable bonds is 6. The fraction of sp³-hybridized carbons (Fsp3) is 0.107. The summed E-state index contributed by atoms with van der Waals surface area (Å²) in [6, 6.07) is 37.8. The van der Waals surface area contributed by atoms with Gasteiger partial charge < -0.3 is 4.74 Å². The van der Waals surface area contributed by atoms with Crippen LogP contribution in [0.1, 0.15) is 17.3 Å². The van der Waals surface area contributed by atoms with Gasteiger partial charge in [-0.3, -0.25) is 0 Å². The monoisotopic (exact) mass is 425 g/mol. The molecule has 4 aromatic carbocycles. The van der Waals surface area contributed by atoms with E-state index in [2.05, 4.69) is 97.7 Å². The normalized spacial score (nSPS) is 11.2. The van der Waals surface area contributed by atoms with Gasteiger partial charge in [0.05, 0.1) is 18.8 Å². The molecule has 154 valence electrons. The maximum absolute atomic E-state index is 12.3. The van der Waals surface area contributed by atoms with E-state index in [1.165, 1.54) is 15.9 Å². The van der Waals surface area contributed by atoms with E-state index in [0.29, 0.717) is 12.2 Å². The Morgan fingerprint density at radius 3 is 1.94 bits per heavy atom. The van der Waals surface area contributed by atoms with Crippen LogP contribution in [0.15, 0.2) is 109 Å². The van der Waals surface area contributed by atoms with Crippen LogP contribution in [0, 0.1) is 0 Å². The highest BCUT2D eigenvalue weighted by Crippen LogP contribution is 2.53. The van der Waals surface area contributed by atoms with Gasteiger partial charge in [0.1, 0.15) is 23.2 Å². The molecule has 0 heterocycles. The van der Waals surface area contributed by atoms with Gasteiger partial charge in [0, 0.05) is 5.56 Å². The van der Waals surface area contributed by atoms with E-state index in [4.69, 9.17) is 4.74 Å². The summed E-state index contributed by atoms with van der Waals surface area (Å²) >= 11 is 0. The third-order valence-corrected chi connectivity index (χ3v) is 9.63. The summed E-state index contributed by atoms with van der Waals surface area (Å²) in [6.45, 7) is 4.57. The average Bonchev–Trinajstić information content (AvgIpc) is 2.85. The molecule has 3 heteroatoms. The zero-order valence-electron chi connectivity index (χ0n) is 17.9. The van der Waals surface area contributed by atoms with Crippen LogP contribution >= 0.6 is 7.26 Å². The van der Waals surface area contributed by atoms with Crippen LogP contribution < -0.4 is 15.9 Å². The quantitative estimate of drug-likeness (QED) is 0.303. The van der Waals surface area contributed by atoms with Crippen molar-refractivity contribution in [1.82, 2.24) is 0 Å². The van der Waals surface area contributed by atoms with E-state index in [0.717, 1.165) is 11.1 Å². The summed E-state index contributed by atoms with van der Waals surface area (Å²) < 4.78 is 5.22. The molecule has 0 saturated heterocycles. The van der Waals surface area contributed by atoms with Gasteiger partial charge in [-0.05, 0) is 55.0 Å².